The molecular formula is C37H50. The second kappa shape index (κ2) is 10.8. The van der Waals surface area contributed by atoms with Gasteiger partial charge in [0.25, 0.3) is 0 Å². The first-order valence-corrected chi connectivity index (χ1v) is 14.8. The van der Waals surface area contributed by atoms with Crippen LogP contribution >= 0.6 is 0 Å². The monoisotopic (exact) mass is 494 g/mol. The Hall–Kier alpha value is -2.34. The molecule has 0 amide bonds. The molecule has 0 saturated carbocycles. The molecule has 2 aliphatic carbocycles. The highest BCUT2D eigenvalue weighted by Crippen LogP contribution is 2.48. The predicted molar refractivity (Wildman–Crippen MR) is 164 cm³/mol. The highest BCUT2D eigenvalue weighted by molar-refractivity contribution is 5.82. The molecule has 37 heavy (non-hydrogen) atoms. The third-order valence-electron chi connectivity index (χ3n) is 8.71. The first kappa shape index (κ1) is 27.7. The molecule has 0 nitrogen and oxygen atoms in total. The van der Waals surface area contributed by atoms with Gasteiger partial charge in [-0.25, -0.2) is 0 Å². The zero-order valence-electron chi connectivity index (χ0n) is 25.1. The van der Waals surface area contributed by atoms with Gasteiger partial charge in [-0.1, -0.05) is 109 Å². The van der Waals surface area contributed by atoms with Crippen LogP contribution in [-0.4, -0.2) is 0 Å². The predicted octanol–water partition coefficient (Wildman–Crippen LogP) is 11.0. The van der Waals surface area contributed by atoms with E-state index in [-0.39, 0.29) is 10.8 Å². The van der Waals surface area contributed by atoms with Crippen molar-refractivity contribution in [2.45, 2.75) is 124 Å². The fourth-order valence-electron chi connectivity index (χ4n) is 6.86. The van der Waals surface area contributed by atoms with Gasteiger partial charge in [0.2, 0.25) is 0 Å². The van der Waals surface area contributed by atoms with E-state index in [2.05, 4.69) is 111 Å². The van der Waals surface area contributed by atoms with E-state index < -0.39 is 0 Å². The van der Waals surface area contributed by atoms with Crippen LogP contribution in [0.1, 0.15) is 132 Å². The fraction of sp³-hybridized carbons (Fsp3) is 0.514. The largest absolute Gasteiger partial charge is 0.0753 e. The van der Waals surface area contributed by atoms with Crippen molar-refractivity contribution < 1.29 is 0 Å². The second-order valence-corrected chi connectivity index (χ2v) is 13.3. The van der Waals surface area contributed by atoms with E-state index in [4.69, 9.17) is 0 Å². The maximum Gasteiger partial charge on any atom is 0.0210 e. The molecule has 2 aromatic carbocycles. The number of fused-ring (bicyclic) bond motifs is 3. The van der Waals surface area contributed by atoms with Gasteiger partial charge in [0.05, 0.1) is 0 Å². The maximum atomic E-state index is 2.62. The SMILES string of the molecule is CCCCC(=CC(C)(C)c1cc2c(cc1C)Cc1c-2cc(C(C)(C)C)c(C)c1C1C=CC=C1)CCCC. The molecule has 0 aromatic heterocycles. The van der Waals surface area contributed by atoms with Gasteiger partial charge in [0.15, 0.2) is 0 Å². The lowest BCUT2D eigenvalue weighted by Crippen LogP contribution is -2.17. The zero-order valence-corrected chi connectivity index (χ0v) is 25.1. The van der Waals surface area contributed by atoms with Gasteiger partial charge in [0, 0.05) is 11.3 Å². The van der Waals surface area contributed by atoms with Crippen molar-refractivity contribution in [3.63, 3.8) is 0 Å². The molecule has 0 radical (unpaired) electrons. The van der Waals surface area contributed by atoms with Crippen molar-refractivity contribution in [2.24, 2.45) is 0 Å². The number of aryl methyl sites for hydroxylation is 1. The summed E-state index contributed by atoms with van der Waals surface area (Å²) in [7, 11) is 0. The van der Waals surface area contributed by atoms with Gasteiger partial charge in [-0.3, -0.25) is 0 Å². The van der Waals surface area contributed by atoms with Gasteiger partial charge in [-0.05, 0) is 108 Å². The van der Waals surface area contributed by atoms with Crippen LogP contribution in [0.3, 0.4) is 0 Å². The lowest BCUT2D eigenvalue weighted by Gasteiger charge is -2.28. The van der Waals surface area contributed by atoms with Gasteiger partial charge in [-0.15, -0.1) is 0 Å². The molecule has 2 aromatic rings. The molecule has 0 fully saturated rings. The molecule has 0 unspecified atom stereocenters. The van der Waals surface area contributed by atoms with E-state index >= 15 is 0 Å². The van der Waals surface area contributed by atoms with Crippen LogP contribution in [0.15, 0.2) is 54.2 Å². The number of benzene rings is 2. The summed E-state index contributed by atoms with van der Waals surface area (Å²) >= 11 is 0. The molecule has 0 atom stereocenters. The standard InChI is InChI=1S/C37H50/c1-10-12-16-27(17-13-11-2)24-37(8,9)33-22-30-29(20-25(33)3)21-32-31(30)23-34(36(5,6)7)26(4)35(32)28-18-14-15-19-28/h14-15,18-20,22-24,28H,10-13,16-17,21H2,1-9H3. The Bertz CT molecular complexity index is 1210. The number of rotatable bonds is 9. The van der Waals surface area contributed by atoms with Gasteiger partial charge >= 0.3 is 0 Å². The number of hydrogen-bond donors (Lipinski definition) is 0. The average Bonchev–Trinajstić information content (AvgIpc) is 3.46. The molecule has 0 spiro atoms. The highest BCUT2D eigenvalue weighted by Gasteiger charge is 2.32. The van der Waals surface area contributed by atoms with Crippen LogP contribution in [0.2, 0.25) is 0 Å². The van der Waals surface area contributed by atoms with Crippen molar-refractivity contribution in [1.29, 1.82) is 0 Å². The number of allylic oxidation sites excluding steroid dienone is 6. The van der Waals surface area contributed by atoms with Crippen LogP contribution in [0.5, 0.6) is 0 Å². The Balaban J connectivity index is 1.86. The van der Waals surface area contributed by atoms with Crippen molar-refractivity contribution >= 4 is 0 Å². The molecule has 4 rings (SSSR count). The first-order valence-electron chi connectivity index (χ1n) is 14.8. The van der Waals surface area contributed by atoms with Gasteiger partial charge in [-0.2, -0.15) is 0 Å². The molecule has 198 valence electrons. The van der Waals surface area contributed by atoms with Crippen molar-refractivity contribution in [1.82, 2.24) is 0 Å². The van der Waals surface area contributed by atoms with Crippen LogP contribution in [0.25, 0.3) is 11.1 Å². The molecule has 0 bridgehead atoms. The van der Waals surface area contributed by atoms with E-state index in [9.17, 15) is 0 Å². The number of hydrogen-bond acceptors (Lipinski definition) is 0. The van der Waals surface area contributed by atoms with Crippen LogP contribution < -0.4 is 0 Å². The van der Waals surface area contributed by atoms with E-state index in [0.717, 1.165) is 6.42 Å². The summed E-state index contributed by atoms with van der Waals surface area (Å²) in [5.41, 5.74) is 15.3. The molecule has 0 N–H and O–H groups in total. The smallest absolute Gasteiger partial charge is 0.0210 e. The van der Waals surface area contributed by atoms with Crippen molar-refractivity contribution in [3.05, 3.63) is 93.1 Å². The Labute approximate surface area is 228 Å². The zero-order chi connectivity index (χ0) is 27.0. The molecule has 0 heteroatoms. The van der Waals surface area contributed by atoms with Crippen molar-refractivity contribution in [3.8, 4) is 11.1 Å². The Morgan fingerprint density at radius 2 is 1.43 bits per heavy atom. The molecule has 0 heterocycles. The minimum atomic E-state index is 0.0238. The van der Waals surface area contributed by atoms with E-state index in [1.165, 1.54) is 77.5 Å². The third kappa shape index (κ3) is 5.59. The third-order valence-corrected chi connectivity index (χ3v) is 8.71. The second-order valence-electron chi connectivity index (χ2n) is 13.3. The van der Waals surface area contributed by atoms with E-state index in [1.807, 2.05) is 0 Å². The minimum absolute atomic E-state index is 0.0238. The minimum Gasteiger partial charge on any atom is -0.0753 e. The first-order chi connectivity index (χ1) is 17.5. The Morgan fingerprint density at radius 1 is 0.838 bits per heavy atom. The van der Waals surface area contributed by atoms with Gasteiger partial charge < -0.3 is 0 Å². The summed E-state index contributed by atoms with van der Waals surface area (Å²) in [6.07, 6.45) is 20.5. The molecule has 0 saturated heterocycles. The highest BCUT2D eigenvalue weighted by atomic mass is 14.4. The quantitative estimate of drug-likeness (QED) is 0.259. The Morgan fingerprint density at radius 3 is 2.00 bits per heavy atom. The lowest BCUT2D eigenvalue weighted by molar-refractivity contribution is 0.584. The summed E-state index contributed by atoms with van der Waals surface area (Å²) in [5.74, 6) is 0.394. The topological polar surface area (TPSA) is 0 Å². The van der Waals surface area contributed by atoms with E-state index in [0.29, 0.717) is 5.92 Å². The van der Waals surface area contributed by atoms with Gasteiger partial charge in [0.1, 0.15) is 0 Å². The van der Waals surface area contributed by atoms with Crippen LogP contribution in [0.4, 0.5) is 0 Å². The molecule has 2 aliphatic rings. The summed E-state index contributed by atoms with van der Waals surface area (Å²) in [6.45, 7) is 21.3. The summed E-state index contributed by atoms with van der Waals surface area (Å²) in [6, 6.07) is 7.61. The molecule has 0 aliphatic heterocycles. The fourth-order valence-corrected chi connectivity index (χ4v) is 6.86. The number of unbranched alkanes of at least 4 members (excludes halogenated alkanes) is 2. The maximum absolute atomic E-state index is 2.62. The van der Waals surface area contributed by atoms with Crippen molar-refractivity contribution in [2.75, 3.05) is 0 Å². The van der Waals surface area contributed by atoms with Crippen LogP contribution in [-0.2, 0) is 17.3 Å². The summed E-state index contributed by atoms with van der Waals surface area (Å²) in [5, 5.41) is 0. The van der Waals surface area contributed by atoms with E-state index in [1.54, 1.807) is 16.7 Å². The lowest BCUT2D eigenvalue weighted by atomic mass is 9.76. The van der Waals surface area contributed by atoms with Crippen LogP contribution in [0, 0.1) is 13.8 Å². The normalized spacial score (nSPS) is 14.8. The summed E-state index contributed by atoms with van der Waals surface area (Å²) in [4.78, 5) is 0. The molecular weight excluding hydrogens is 444 g/mol. The Kier molecular flexibility index (Phi) is 8.08. The average molecular weight is 495 g/mol. The summed E-state index contributed by atoms with van der Waals surface area (Å²) < 4.78 is 0.